The average Bonchev–Trinajstić information content (AvgIpc) is 2.95. The molecule has 1 aliphatic heterocycles. The fraction of sp³-hybridized carbons (Fsp3) is 0.200. The number of likely N-dealkylation sites (N-methyl/N-ethyl adjacent to an activating group) is 1. The number of hydrogen-bond acceptors (Lipinski definition) is 4. The Hall–Kier alpha value is -4.40. The molecule has 174 valence electrons. The van der Waals surface area contributed by atoms with E-state index in [2.05, 4.69) is 16.2 Å². The lowest BCUT2D eigenvalue weighted by atomic mass is 10.1. The van der Waals surface area contributed by atoms with Crippen LogP contribution in [-0.2, 0) is 9.59 Å². The van der Waals surface area contributed by atoms with Crippen molar-refractivity contribution in [3.05, 3.63) is 72.3 Å². The summed E-state index contributed by atoms with van der Waals surface area (Å²) < 4.78 is 0. The van der Waals surface area contributed by atoms with Crippen LogP contribution in [0, 0.1) is 0 Å². The van der Waals surface area contributed by atoms with Crippen LogP contribution < -0.4 is 21.1 Å². The highest BCUT2D eigenvalue weighted by Crippen LogP contribution is 2.31. The van der Waals surface area contributed by atoms with Gasteiger partial charge in [-0.05, 0) is 42.0 Å². The Morgan fingerprint density at radius 3 is 2.50 bits per heavy atom. The summed E-state index contributed by atoms with van der Waals surface area (Å²) in [5.41, 5.74) is 6.22. The summed E-state index contributed by atoms with van der Waals surface area (Å²) in [6.07, 6.45) is 0.137. The molecular weight excluding hydrogens is 434 g/mol. The van der Waals surface area contributed by atoms with Crippen molar-refractivity contribution in [3.63, 3.8) is 0 Å². The fourth-order valence-corrected chi connectivity index (χ4v) is 3.93. The van der Waals surface area contributed by atoms with Crippen LogP contribution in [0.25, 0.3) is 10.8 Å². The molecule has 4 rings (SSSR count). The minimum absolute atomic E-state index is 0.137. The summed E-state index contributed by atoms with van der Waals surface area (Å²) in [5.74, 6) is -1.01. The molecule has 3 N–H and O–H groups in total. The van der Waals surface area contributed by atoms with Crippen LogP contribution in [0.3, 0.4) is 0 Å². The average molecular weight is 460 g/mol. The Kier molecular flexibility index (Phi) is 6.44. The minimum atomic E-state index is -0.646. The molecule has 0 aromatic heterocycles. The van der Waals surface area contributed by atoms with E-state index in [1.165, 1.54) is 16.8 Å². The zero-order chi connectivity index (χ0) is 24.2. The quantitative estimate of drug-likeness (QED) is 0.523. The first-order valence-corrected chi connectivity index (χ1v) is 10.8. The predicted octanol–water partition coefficient (Wildman–Crippen LogP) is 2.89. The number of rotatable bonds is 3. The molecule has 0 bridgehead atoms. The van der Waals surface area contributed by atoms with Crippen LogP contribution in [0.2, 0.25) is 0 Å². The second-order valence-electron chi connectivity index (χ2n) is 8.18. The number of amides is 5. The maximum Gasteiger partial charge on any atom is 0.336 e. The molecule has 0 aliphatic carbocycles. The Balaban J connectivity index is 1.38. The van der Waals surface area contributed by atoms with Crippen molar-refractivity contribution < 1.29 is 19.2 Å². The van der Waals surface area contributed by atoms with Gasteiger partial charge in [0, 0.05) is 25.1 Å². The van der Waals surface area contributed by atoms with E-state index in [9.17, 15) is 19.2 Å². The number of hydrazine groups is 1. The third-order valence-corrected chi connectivity index (χ3v) is 5.64. The van der Waals surface area contributed by atoms with E-state index in [4.69, 9.17) is 0 Å². The zero-order valence-corrected chi connectivity index (χ0v) is 18.9. The molecule has 1 unspecified atom stereocenters. The molecule has 0 fully saturated rings. The van der Waals surface area contributed by atoms with Crippen molar-refractivity contribution in [2.45, 2.75) is 19.4 Å². The second-order valence-corrected chi connectivity index (χ2v) is 8.18. The molecule has 0 saturated carbocycles. The normalized spacial score (nSPS) is 15.1. The maximum absolute atomic E-state index is 13.1. The minimum Gasteiger partial charge on any atom is -0.324 e. The van der Waals surface area contributed by atoms with Gasteiger partial charge in [-0.15, -0.1) is 0 Å². The van der Waals surface area contributed by atoms with E-state index in [-0.39, 0.29) is 30.8 Å². The maximum atomic E-state index is 13.1. The van der Waals surface area contributed by atoms with Crippen LogP contribution in [-0.4, -0.2) is 48.3 Å². The van der Waals surface area contributed by atoms with E-state index < -0.39 is 11.9 Å². The first kappa shape index (κ1) is 22.8. The highest BCUT2D eigenvalue weighted by Gasteiger charge is 2.30. The lowest BCUT2D eigenvalue weighted by Gasteiger charge is -2.29. The molecule has 1 atom stereocenters. The van der Waals surface area contributed by atoms with Gasteiger partial charge in [-0.25, -0.2) is 10.2 Å². The number of urea groups is 1. The number of nitrogens with one attached hydrogen (secondary N) is 3. The number of nitrogens with zero attached hydrogens (tertiary/aromatic N) is 2. The topological polar surface area (TPSA) is 111 Å². The van der Waals surface area contributed by atoms with Gasteiger partial charge in [0.1, 0.15) is 6.54 Å². The highest BCUT2D eigenvalue weighted by molar-refractivity contribution is 6.05. The van der Waals surface area contributed by atoms with Gasteiger partial charge in [0.05, 0.1) is 11.4 Å². The lowest BCUT2D eigenvalue weighted by molar-refractivity contribution is -0.119. The van der Waals surface area contributed by atoms with Crippen molar-refractivity contribution in [1.82, 2.24) is 15.8 Å². The van der Waals surface area contributed by atoms with Crippen LogP contribution >= 0.6 is 0 Å². The molecular formula is C25H25N5O4. The van der Waals surface area contributed by atoms with Gasteiger partial charge in [0.2, 0.25) is 11.8 Å². The summed E-state index contributed by atoms with van der Waals surface area (Å²) >= 11 is 0. The van der Waals surface area contributed by atoms with E-state index in [1.54, 1.807) is 43.3 Å². The third kappa shape index (κ3) is 4.83. The molecule has 9 heteroatoms. The number of anilines is 2. The molecule has 1 heterocycles. The van der Waals surface area contributed by atoms with Gasteiger partial charge in [-0.2, -0.15) is 0 Å². The number of hydrogen-bond donors (Lipinski definition) is 3. The van der Waals surface area contributed by atoms with E-state index in [0.29, 0.717) is 16.9 Å². The monoisotopic (exact) mass is 459 g/mol. The van der Waals surface area contributed by atoms with Gasteiger partial charge in [-0.3, -0.25) is 19.8 Å². The van der Waals surface area contributed by atoms with E-state index in [1.807, 2.05) is 30.3 Å². The van der Waals surface area contributed by atoms with Gasteiger partial charge < -0.3 is 15.1 Å². The van der Waals surface area contributed by atoms with Crippen LogP contribution in [0.15, 0.2) is 66.7 Å². The van der Waals surface area contributed by atoms with Crippen molar-refractivity contribution in [2.75, 3.05) is 23.8 Å². The SMILES string of the molecule is CC1CC(=O)Nc2ccccc2N1C(=O)CN(C)C(=O)NNC(=O)c1ccc2ccccc2c1. The van der Waals surface area contributed by atoms with Gasteiger partial charge in [0.25, 0.3) is 5.91 Å². The fourth-order valence-electron chi connectivity index (χ4n) is 3.93. The smallest absolute Gasteiger partial charge is 0.324 e. The number of carbonyl (C=O) groups is 4. The summed E-state index contributed by atoms with van der Waals surface area (Å²) in [5, 5.41) is 4.71. The summed E-state index contributed by atoms with van der Waals surface area (Å²) in [7, 11) is 1.45. The molecule has 3 aromatic rings. The first-order valence-electron chi connectivity index (χ1n) is 10.8. The number of fused-ring (bicyclic) bond motifs is 2. The highest BCUT2D eigenvalue weighted by atomic mass is 16.2. The van der Waals surface area contributed by atoms with Crippen molar-refractivity contribution in [2.24, 2.45) is 0 Å². The van der Waals surface area contributed by atoms with Crippen molar-refractivity contribution in [1.29, 1.82) is 0 Å². The summed E-state index contributed by atoms with van der Waals surface area (Å²) in [4.78, 5) is 52.9. The van der Waals surface area contributed by atoms with Crippen molar-refractivity contribution >= 4 is 45.9 Å². The molecule has 0 radical (unpaired) electrons. The number of carbonyl (C=O) groups excluding carboxylic acids is 4. The van der Waals surface area contributed by atoms with Gasteiger partial charge >= 0.3 is 6.03 Å². The molecule has 9 nitrogen and oxygen atoms in total. The Labute approximate surface area is 196 Å². The Morgan fingerprint density at radius 1 is 1.00 bits per heavy atom. The van der Waals surface area contributed by atoms with Crippen LogP contribution in [0.1, 0.15) is 23.7 Å². The summed E-state index contributed by atoms with van der Waals surface area (Å²) in [6.45, 7) is 1.54. The molecule has 0 spiro atoms. The number of para-hydroxylation sites is 2. The largest absolute Gasteiger partial charge is 0.336 e. The molecule has 0 saturated heterocycles. The third-order valence-electron chi connectivity index (χ3n) is 5.64. The molecule has 1 aliphatic rings. The first-order chi connectivity index (χ1) is 16.3. The second kappa shape index (κ2) is 9.62. The van der Waals surface area contributed by atoms with Crippen LogP contribution in [0.4, 0.5) is 16.2 Å². The van der Waals surface area contributed by atoms with Gasteiger partial charge in [0.15, 0.2) is 0 Å². The lowest BCUT2D eigenvalue weighted by Crippen LogP contribution is -2.51. The predicted molar refractivity (Wildman–Crippen MR) is 129 cm³/mol. The summed E-state index contributed by atoms with van der Waals surface area (Å²) in [6, 6.07) is 18.9. The molecule has 5 amide bonds. The molecule has 34 heavy (non-hydrogen) atoms. The standard InChI is InChI=1S/C25H25N5O4/c1-16-13-22(31)26-20-9-5-6-10-21(20)30(16)23(32)15-29(2)25(34)28-27-24(33)19-12-11-17-7-3-4-8-18(17)14-19/h3-12,14,16H,13,15H2,1-2H3,(H,26,31)(H,27,33)(H,28,34). The van der Waals surface area contributed by atoms with E-state index in [0.717, 1.165) is 10.8 Å². The Bertz CT molecular complexity index is 1270. The number of benzene rings is 3. The van der Waals surface area contributed by atoms with E-state index >= 15 is 0 Å². The van der Waals surface area contributed by atoms with Gasteiger partial charge in [-0.1, -0.05) is 42.5 Å². The Morgan fingerprint density at radius 2 is 1.71 bits per heavy atom. The zero-order valence-electron chi connectivity index (χ0n) is 18.9. The van der Waals surface area contributed by atoms with Crippen molar-refractivity contribution in [3.8, 4) is 0 Å². The van der Waals surface area contributed by atoms with Crippen LogP contribution in [0.5, 0.6) is 0 Å². The molecule has 3 aromatic carbocycles.